The molecule has 1 aliphatic carbocycles. The van der Waals surface area contributed by atoms with Crippen molar-refractivity contribution in [3.63, 3.8) is 0 Å². The standard InChI is InChI=1S/C12H16IN.ClH/c13-11-7-5-10(6-8-11)12(14)9-3-1-2-4-9;/h5-9,12H,1-4,14H2;1H/t12-;/m0./s1. The van der Waals surface area contributed by atoms with Gasteiger partial charge >= 0.3 is 0 Å². The lowest BCUT2D eigenvalue weighted by atomic mass is 9.93. The highest BCUT2D eigenvalue weighted by molar-refractivity contribution is 14.1. The number of rotatable bonds is 2. The second-order valence-electron chi connectivity index (χ2n) is 4.12. The molecule has 3 heteroatoms. The van der Waals surface area contributed by atoms with Crippen molar-refractivity contribution in [3.05, 3.63) is 33.4 Å². The molecule has 2 rings (SSSR count). The van der Waals surface area contributed by atoms with E-state index in [1.807, 2.05) is 0 Å². The lowest BCUT2D eigenvalue weighted by Crippen LogP contribution is -2.18. The van der Waals surface area contributed by atoms with E-state index < -0.39 is 0 Å². The van der Waals surface area contributed by atoms with E-state index in [9.17, 15) is 0 Å². The first-order valence-electron chi connectivity index (χ1n) is 5.28. The lowest BCUT2D eigenvalue weighted by molar-refractivity contribution is 0.445. The van der Waals surface area contributed by atoms with Crippen LogP contribution in [0.2, 0.25) is 0 Å². The molecular formula is C12H17ClIN. The molecule has 15 heavy (non-hydrogen) atoms. The second-order valence-corrected chi connectivity index (χ2v) is 5.37. The van der Waals surface area contributed by atoms with Gasteiger partial charge in [0.15, 0.2) is 0 Å². The molecular weight excluding hydrogens is 320 g/mol. The van der Waals surface area contributed by atoms with Crippen molar-refractivity contribution in [1.82, 2.24) is 0 Å². The van der Waals surface area contributed by atoms with Crippen LogP contribution in [0.3, 0.4) is 0 Å². The van der Waals surface area contributed by atoms with E-state index in [1.165, 1.54) is 34.8 Å². The minimum atomic E-state index is 0. The van der Waals surface area contributed by atoms with Gasteiger partial charge in [0.2, 0.25) is 0 Å². The van der Waals surface area contributed by atoms with Crippen LogP contribution in [0.1, 0.15) is 37.3 Å². The molecule has 1 aromatic carbocycles. The average molecular weight is 338 g/mol. The van der Waals surface area contributed by atoms with E-state index in [4.69, 9.17) is 5.73 Å². The molecule has 0 unspecified atom stereocenters. The molecule has 1 nitrogen and oxygen atoms in total. The Labute approximate surface area is 111 Å². The highest BCUT2D eigenvalue weighted by Gasteiger charge is 2.22. The van der Waals surface area contributed by atoms with E-state index in [-0.39, 0.29) is 18.4 Å². The summed E-state index contributed by atoms with van der Waals surface area (Å²) in [7, 11) is 0. The first-order valence-corrected chi connectivity index (χ1v) is 6.36. The maximum absolute atomic E-state index is 6.25. The summed E-state index contributed by atoms with van der Waals surface area (Å²) in [4.78, 5) is 0. The van der Waals surface area contributed by atoms with E-state index in [1.54, 1.807) is 0 Å². The molecule has 0 spiro atoms. The van der Waals surface area contributed by atoms with Crippen molar-refractivity contribution in [2.45, 2.75) is 31.7 Å². The van der Waals surface area contributed by atoms with Crippen molar-refractivity contribution in [3.8, 4) is 0 Å². The summed E-state index contributed by atoms with van der Waals surface area (Å²) in [5.41, 5.74) is 7.55. The average Bonchev–Trinajstić information content (AvgIpc) is 2.71. The molecule has 84 valence electrons. The van der Waals surface area contributed by atoms with E-state index in [2.05, 4.69) is 46.9 Å². The van der Waals surface area contributed by atoms with Gasteiger partial charge in [-0.25, -0.2) is 0 Å². The third-order valence-corrected chi connectivity index (χ3v) is 3.88. The Hall–Kier alpha value is 0.200. The maximum atomic E-state index is 6.25. The zero-order valence-corrected chi connectivity index (χ0v) is 11.6. The Morgan fingerprint density at radius 1 is 1.13 bits per heavy atom. The van der Waals surface area contributed by atoms with Crippen LogP contribution >= 0.6 is 35.0 Å². The summed E-state index contributed by atoms with van der Waals surface area (Å²) < 4.78 is 1.28. The van der Waals surface area contributed by atoms with Crippen LogP contribution in [0.25, 0.3) is 0 Å². The van der Waals surface area contributed by atoms with Gasteiger partial charge in [-0.3, -0.25) is 0 Å². The zero-order chi connectivity index (χ0) is 9.97. The Bertz CT molecular complexity index is 293. The topological polar surface area (TPSA) is 26.0 Å². The van der Waals surface area contributed by atoms with Crippen molar-refractivity contribution >= 4 is 35.0 Å². The molecule has 1 fully saturated rings. The van der Waals surface area contributed by atoms with Crippen molar-refractivity contribution in [1.29, 1.82) is 0 Å². The quantitative estimate of drug-likeness (QED) is 0.814. The monoisotopic (exact) mass is 337 g/mol. The van der Waals surface area contributed by atoms with Gasteiger partial charge in [0.25, 0.3) is 0 Å². The van der Waals surface area contributed by atoms with Gasteiger partial charge in [-0.1, -0.05) is 25.0 Å². The van der Waals surface area contributed by atoms with E-state index in [0.29, 0.717) is 0 Å². The predicted molar refractivity (Wildman–Crippen MR) is 75.3 cm³/mol. The fraction of sp³-hybridized carbons (Fsp3) is 0.500. The number of hydrogen-bond acceptors (Lipinski definition) is 1. The lowest BCUT2D eigenvalue weighted by Gasteiger charge is -2.19. The van der Waals surface area contributed by atoms with Crippen LogP contribution in [0, 0.1) is 9.49 Å². The van der Waals surface area contributed by atoms with Crippen LogP contribution in [0.4, 0.5) is 0 Å². The predicted octanol–water partition coefficient (Wildman–Crippen LogP) is 3.90. The van der Waals surface area contributed by atoms with Gasteiger partial charge in [-0.05, 0) is 59.0 Å². The van der Waals surface area contributed by atoms with Gasteiger partial charge < -0.3 is 5.73 Å². The first kappa shape index (κ1) is 13.3. The van der Waals surface area contributed by atoms with Gasteiger partial charge in [0.05, 0.1) is 0 Å². The summed E-state index contributed by atoms with van der Waals surface area (Å²) in [6.45, 7) is 0. The van der Waals surface area contributed by atoms with Crippen molar-refractivity contribution in [2.24, 2.45) is 11.7 Å². The van der Waals surface area contributed by atoms with Gasteiger partial charge in [0, 0.05) is 9.61 Å². The third kappa shape index (κ3) is 3.33. The number of halogens is 2. The van der Waals surface area contributed by atoms with Gasteiger partial charge in [-0.15, -0.1) is 12.4 Å². The third-order valence-electron chi connectivity index (χ3n) is 3.16. The zero-order valence-electron chi connectivity index (χ0n) is 8.66. The van der Waals surface area contributed by atoms with Gasteiger partial charge in [-0.2, -0.15) is 0 Å². The molecule has 1 saturated carbocycles. The molecule has 1 atom stereocenters. The van der Waals surface area contributed by atoms with Gasteiger partial charge in [0.1, 0.15) is 0 Å². The second kappa shape index (κ2) is 6.06. The van der Waals surface area contributed by atoms with Crippen LogP contribution in [-0.4, -0.2) is 0 Å². The van der Waals surface area contributed by atoms with E-state index >= 15 is 0 Å². The highest BCUT2D eigenvalue weighted by Crippen LogP contribution is 2.34. The molecule has 1 aliphatic rings. The van der Waals surface area contributed by atoms with Crippen LogP contribution < -0.4 is 5.73 Å². The Balaban J connectivity index is 0.00000112. The Kier molecular flexibility index (Phi) is 5.36. The summed E-state index contributed by atoms with van der Waals surface area (Å²) in [6, 6.07) is 8.89. The summed E-state index contributed by atoms with van der Waals surface area (Å²) in [6.07, 6.45) is 5.35. The summed E-state index contributed by atoms with van der Waals surface area (Å²) in [5, 5.41) is 0. The maximum Gasteiger partial charge on any atom is 0.0323 e. The largest absolute Gasteiger partial charge is 0.324 e. The minimum Gasteiger partial charge on any atom is -0.324 e. The fourth-order valence-electron chi connectivity index (χ4n) is 2.27. The molecule has 0 bridgehead atoms. The van der Waals surface area contributed by atoms with Crippen LogP contribution in [-0.2, 0) is 0 Å². The minimum absolute atomic E-state index is 0. The van der Waals surface area contributed by atoms with Crippen molar-refractivity contribution in [2.75, 3.05) is 0 Å². The number of hydrogen-bond donors (Lipinski definition) is 1. The fourth-order valence-corrected chi connectivity index (χ4v) is 2.63. The first-order chi connectivity index (χ1) is 6.77. The van der Waals surface area contributed by atoms with Crippen LogP contribution in [0.5, 0.6) is 0 Å². The SMILES string of the molecule is Cl.N[C@H](c1ccc(I)cc1)C1CCCC1. The molecule has 0 radical (unpaired) electrons. The van der Waals surface area contributed by atoms with E-state index in [0.717, 1.165) is 5.92 Å². The molecule has 0 aromatic heterocycles. The molecule has 2 N–H and O–H groups in total. The summed E-state index contributed by atoms with van der Waals surface area (Å²) in [5.74, 6) is 0.718. The smallest absolute Gasteiger partial charge is 0.0323 e. The van der Waals surface area contributed by atoms with Crippen LogP contribution in [0.15, 0.2) is 24.3 Å². The molecule has 1 aromatic rings. The normalized spacial score (nSPS) is 18.5. The molecule has 0 aliphatic heterocycles. The molecule has 0 heterocycles. The Morgan fingerprint density at radius 3 is 2.20 bits per heavy atom. The highest BCUT2D eigenvalue weighted by atomic mass is 127. The molecule has 0 saturated heterocycles. The Morgan fingerprint density at radius 2 is 1.67 bits per heavy atom. The number of nitrogens with two attached hydrogens (primary N) is 1. The van der Waals surface area contributed by atoms with Crippen molar-refractivity contribution < 1.29 is 0 Å². The summed E-state index contributed by atoms with van der Waals surface area (Å²) >= 11 is 2.33. The number of benzene rings is 1. The molecule has 0 amide bonds.